The van der Waals surface area contributed by atoms with Gasteiger partial charge >= 0.3 is 0 Å². The Kier molecular flexibility index (Phi) is 6.17. The van der Waals surface area contributed by atoms with Gasteiger partial charge in [-0.3, -0.25) is 4.79 Å². The zero-order valence-corrected chi connectivity index (χ0v) is 11.6. The van der Waals surface area contributed by atoms with Crippen molar-refractivity contribution in [3.8, 4) is 6.26 Å². The molecule has 0 saturated carbocycles. The second-order valence-corrected chi connectivity index (χ2v) is 5.11. The van der Waals surface area contributed by atoms with Gasteiger partial charge in [-0.05, 0) is 36.5 Å². The maximum absolute atomic E-state index is 11.5. The molecule has 2 atom stereocenters. The van der Waals surface area contributed by atoms with Gasteiger partial charge in [-0.15, -0.1) is 0 Å². The molecule has 0 aliphatic carbocycles. The topological polar surface area (TPSA) is 76.1 Å². The van der Waals surface area contributed by atoms with Crippen LogP contribution in [0.25, 0.3) is 0 Å². The van der Waals surface area contributed by atoms with Gasteiger partial charge in [-0.2, -0.15) is 5.26 Å². The first-order valence-electron chi connectivity index (χ1n) is 6.07. The van der Waals surface area contributed by atoms with Crippen molar-refractivity contribution in [2.24, 2.45) is 17.6 Å². The predicted molar refractivity (Wildman–Crippen MR) is 73.2 cm³/mol. The summed E-state index contributed by atoms with van der Waals surface area (Å²) in [6.45, 7) is 2.23. The molecule has 0 bridgehead atoms. The van der Waals surface area contributed by atoms with E-state index >= 15 is 0 Å². The van der Waals surface area contributed by atoms with Crippen LogP contribution in [0.4, 0.5) is 0 Å². The molecular weight excluding hydrogens is 264 g/mol. The Morgan fingerprint density at radius 3 is 2.63 bits per heavy atom. The predicted octanol–water partition coefficient (Wildman–Crippen LogP) is 2.51. The molecule has 1 rings (SSSR count). The van der Waals surface area contributed by atoms with Crippen LogP contribution in [0, 0.1) is 23.4 Å². The maximum atomic E-state index is 11.5. The Bertz CT molecular complexity index is 454. The third-order valence-electron chi connectivity index (χ3n) is 2.92. The minimum absolute atomic E-state index is 0.101. The van der Waals surface area contributed by atoms with Gasteiger partial charge in [0, 0.05) is 10.9 Å². The number of hydrogen-bond donors (Lipinski definition) is 1. The molecule has 0 aliphatic rings. The van der Waals surface area contributed by atoms with E-state index in [1.807, 2.05) is 19.1 Å². The molecule has 0 saturated heterocycles. The number of ether oxygens (including phenoxy) is 1. The van der Waals surface area contributed by atoms with Crippen molar-refractivity contribution in [3.63, 3.8) is 0 Å². The molecule has 1 aromatic carbocycles. The van der Waals surface area contributed by atoms with Crippen molar-refractivity contribution >= 4 is 17.5 Å². The molecule has 2 N–H and O–H groups in total. The van der Waals surface area contributed by atoms with Crippen molar-refractivity contribution in [2.45, 2.75) is 19.8 Å². The van der Waals surface area contributed by atoms with Crippen molar-refractivity contribution in [2.75, 3.05) is 6.61 Å². The number of benzene rings is 1. The first kappa shape index (κ1) is 15.3. The molecule has 0 spiro atoms. The monoisotopic (exact) mass is 280 g/mol. The first-order chi connectivity index (χ1) is 9.02. The number of amides is 1. The molecule has 19 heavy (non-hydrogen) atoms. The van der Waals surface area contributed by atoms with E-state index in [0.29, 0.717) is 24.5 Å². The lowest BCUT2D eigenvalue weighted by Gasteiger charge is -2.17. The number of nitrogens with two attached hydrogens (primary N) is 1. The molecule has 1 aromatic rings. The molecule has 0 heterocycles. The third kappa shape index (κ3) is 5.62. The Morgan fingerprint density at radius 1 is 1.47 bits per heavy atom. The standard InChI is InChI=1S/C14H17ClN2O2/c1-10(8-19-9-16)6-12(14(17)18)7-11-2-4-13(15)5-3-11/h2-5,10,12H,6-8H2,1H3,(H2,17,18). The molecule has 0 radical (unpaired) electrons. The van der Waals surface area contributed by atoms with Crippen LogP contribution >= 0.6 is 11.6 Å². The zero-order chi connectivity index (χ0) is 14.3. The molecule has 0 fully saturated rings. The van der Waals surface area contributed by atoms with Crippen LogP contribution in [0.1, 0.15) is 18.9 Å². The summed E-state index contributed by atoms with van der Waals surface area (Å²) in [6, 6.07) is 7.35. The normalized spacial score (nSPS) is 13.3. The van der Waals surface area contributed by atoms with Crippen molar-refractivity contribution < 1.29 is 9.53 Å². The summed E-state index contributed by atoms with van der Waals surface area (Å²) >= 11 is 5.81. The van der Waals surface area contributed by atoms with Gasteiger partial charge < -0.3 is 10.5 Å². The molecule has 5 heteroatoms. The Balaban J connectivity index is 2.60. The van der Waals surface area contributed by atoms with E-state index in [1.165, 1.54) is 0 Å². The molecular formula is C14H17ClN2O2. The minimum atomic E-state index is -0.334. The lowest BCUT2D eigenvalue weighted by Crippen LogP contribution is -2.27. The zero-order valence-electron chi connectivity index (χ0n) is 10.8. The maximum Gasteiger partial charge on any atom is 0.286 e. The number of primary amides is 1. The first-order valence-corrected chi connectivity index (χ1v) is 6.45. The number of carbonyl (C=O) groups excluding carboxylic acids is 1. The summed E-state index contributed by atoms with van der Waals surface area (Å²) in [5.41, 5.74) is 6.44. The summed E-state index contributed by atoms with van der Waals surface area (Å²) in [7, 11) is 0. The van der Waals surface area contributed by atoms with Gasteiger partial charge in [0.1, 0.15) is 6.61 Å². The molecule has 2 unspecified atom stereocenters. The van der Waals surface area contributed by atoms with E-state index in [1.54, 1.807) is 18.4 Å². The van der Waals surface area contributed by atoms with Crippen LogP contribution in [0.5, 0.6) is 0 Å². The average molecular weight is 281 g/mol. The fourth-order valence-corrected chi connectivity index (χ4v) is 2.06. The summed E-state index contributed by atoms with van der Waals surface area (Å²) in [4.78, 5) is 11.5. The van der Waals surface area contributed by atoms with E-state index in [2.05, 4.69) is 4.74 Å². The smallest absolute Gasteiger partial charge is 0.286 e. The number of carbonyl (C=O) groups is 1. The minimum Gasteiger partial charge on any atom is -0.427 e. The molecule has 102 valence electrons. The van der Waals surface area contributed by atoms with E-state index in [-0.39, 0.29) is 17.7 Å². The SMILES string of the molecule is CC(COC#N)CC(Cc1ccc(Cl)cc1)C(N)=O. The van der Waals surface area contributed by atoms with Gasteiger partial charge in [0.15, 0.2) is 0 Å². The second-order valence-electron chi connectivity index (χ2n) is 4.67. The van der Waals surface area contributed by atoms with E-state index in [4.69, 9.17) is 22.6 Å². The van der Waals surface area contributed by atoms with Gasteiger partial charge in [0.2, 0.25) is 5.91 Å². The van der Waals surface area contributed by atoms with Crippen LogP contribution in [0.2, 0.25) is 5.02 Å². The lowest BCUT2D eigenvalue weighted by atomic mass is 9.90. The van der Waals surface area contributed by atoms with Crippen molar-refractivity contribution in [1.29, 1.82) is 5.26 Å². The third-order valence-corrected chi connectivity index (χ3v) is 3.17. The van der Waals surface area contributed by atoms with Crippen LogP contribution in [0.3, 0.4) is 0 Å². The Labute approximate surface area is 118 Å². The van der Waals surface area contributed by atoms with Gasteiger partial charge in [-0.1, -0.05) is 30.7 Å². The highest BCUT2D eigenvalue weighted by atomic mass is 35.5. The van der Waals surface area contributed by atoms with Crippen LogP contribution in [0.15, 0.2) is 24.3 Å². The highest BCUT2D eigenvalue weighted by molar-refractivity contribution is 6.30. The number of nitriles is 1. The fraction of sp³-hybridized carbons (Fsp3) is 0.429. The molecule has 0 aliphatic heterocycles. The van der Waals surface area contributed by atoms with E-state index in [0.717, 1.165) is 5.56 Å². The highest BCUT2D eigenvalue weighted by Crippen LogP contribution is 2.19. The van der Waals surface area contributed by atoms with Gasteiger partial charge in [0.05, 0.1) is 0 Å². The fourth-order valence-electron chi connectivity index (χ4n) is 1.94. The number of hydrogen-bond acceptors (Lipinski definition) is 3. The van der Waals surface area contributed by atoms with Gasteiger partial charge in [-0.25, -0.2) is 0 Å². The van der Waals surface area contributed by atoms with Gasteiger partial charge in [0.25, 0.3) is 6.26 Å². The quantitative estimate of drug-likeness (QED) is 0.780. The van der Waals surface area contributed by atoms with Crippen LogP contribution < -0.4 is 5.73 Å². The van der Waals surface area contributed by atoms with E-state index in [9.17, 15) is 4.79 Å². The highest BCUT2D eigenvalue weighted by Gasteiger charge is 2.19. The number of nitrogens with zero attached hydrogens (tertiary/aromatic N) is 1. The lowest BCUT2D eigenvalue weighted by molar-refractivity contribution is -0.122. The molecule has 0 aromatic heterocycles. The summed E-state index contributed by atoms with van der Waals surface area (Å²) < 4.78 is 4.68. The molecule has 4 nitrogen and oxygen atoms in total. The van der Waals surface area contributed by atoms with Crippen molar-refractivity contribution in [1.82, 2.24) is 0 Å². The molecule has 1 amide bonds. The average Bonchev–Trinajstić information content (AvgIpc) is 2.38. The number of halogens is 1. The van der Waals surface area contributed by atoms with Crippen molar-refractivity contribution in [3.05, 3.63) is 34.9 Å². The summed E-state index contributed by atoms with van der Waals surface area (Å²) in [5.74, 6) is -0.498. The Morgan fingerprint density at radius 2 is 2.11 bits per heavy atom. The summed E-state index contributed by atoms with van der Waals surface area (Å²) in [5, 5.41) is 9.01. The van der Waals surface area contributed by atoms with Crippen LogP contribution in [-0.2, 0) is 16.0 Å². The summed E-state index contributed by atoms with van der Waals surface area (Å²) in [6.07, 6.45) is 2.80. The largest absolute Gasteiger partial charge is 0.427 e. The van der Waals surface area contributed by atoms with E-state index < -0.39 is 0 Å². The Hall–Kier alpha value is -1.73. The van der Waals surface area contributed by atoms with Crippen LogP contribution in [-0.4, -0.2) is 12.5 Å². The second kappa shape index (κ2) is 7.65. The number of rotatable bonds is 7.